The Kier molecular flexibility index (Phi) is 9.09. The molecular formula is C24H19ClN2O6. The SMILES string of the molecule is CCCc1ccc(OC(=O)c2ccc(C#N)cc2)cc1.O=C(O)c1ccc(Cl)cc1[N+](=O)[O-]. The van der Waals surface area contributed by atoms with Gasteiger partial charge in [0, 0.05) is 11.1 Å². The zero-order chi connectivity index (χ0) is 24.4. The molecular weight excluding hydrogens is 448 g/mol. The van der Waals surface area contributed by atoms with Crippen molar-refractivity contribution >= 4 is 29.2 Å². The number of carbonyl (C=O) groups excluding carboxylic acids is 1. The molecule has 3 aromatic carbocycles. The van der Waals surface area contributed by atoms with Crippen molar-refractivity contribution < 1.29 is 24.4 Å². The summed E-state index contributed by atoms with van der Waals surface area (Å²) in [6.45, 7) is 2.12. The molecule has 168 valence electrons. The molecule has 0 fully saturated rings. The predicted molar refractivity (Wildman–Crippen MR) is 122 cm³/mol. The van der Waals surface area contributed by atoms with Crippen LogP contribution in [0.4, 0.5) is 5.69 Å². The van der Waals surface area contributed by atoms with Gasteiger partial charge in [0.2, 0.25) is 0 Å². The fraction of sp³-hybridized carbons (Fsp3) is 0.125. The van der Waals surface area contributed by atoms with Gasteiger partial charge in [-0.15, -0.1) is 0 Å². The van der Waals surface area contributed by atoms with E-state index in [-0.39, 0.29) is 10.6 Å². The summed E-state index contributed by atoms with van der Waals surface area (Å²) in [5.41, 5.74) is 1.31. The van der Waals surface area contributed by atoms with E-state index < -0.39 is 22.5 Å². The summed E-state index contributed by atoms with van der Waals surface area (Å²) < 4.78 is 5.29. The molecule has 0 saturated heterocycles. The Balaban J connectivity index is 0.000000257. The van der Waals surface area contributed by atoms with Gasteiger partial charge in [-0.2, -0.15) is 5.26 Å². The summed E-state index contributed by atoms with van der Waals surface area (Å²) >= 11 is 5.47. The van der Waals surface area contributed by atoms with Crippen LogP contribution in [0.5, 0.6) is 5.75 Å². The highest BCUT2D eigenvalue weighted by atomic mass is 35.5. The monoisotopic (exact) mass is 466 g/mol. The Labute approximate surface area is 194 Å². The van der Waals surface area contributed by atoms with Gasteiger partial charge in [-0.1, -0.05) is 37.1 Å². The summed E-state index contributed by atoms with van der Waals surface area (Å²) in [7, 11) is 0. The summed E-state index contributed by atoms with van der Waals surface area (Å²) in [6.07, 6.45) is 2.11. The third-order valence-corrected chi connectivity index (χ3v) is 4.54. The lowest BCUT2D eigenvalue weighted by Gasteiger charge is -2.05. The number of benzene rings is 3. The van der Waals surface area contributed by atoms with Crippen LogP contribution in [0.3, 0.4) is 0 Å². The Bertz CT molecular complexity index is 1190. The van der Waals surface area contributed by atoms with E-state index in [1.54, 1.807) is 36.4 Å². The van der Waals surface area contributed by atoms with Crippen molar-refractivity contribution in [2.75, 3.05) is 0 Å². The van der Waals surface area contributed by atoms with Gasteiger partial charge in [-0.25, -0.2) is 9.59 Å². The maximum absolute atomic E-state index is 11.9. The van der Waals surface area contributed by atoms with Gasteiger partial charge in [-0.05, 0) is 60.5 Å². The van der Waals surface area contributed by atoms with E-state index in [4.69, 9.17) is 26.7 Å². The molecule has 0 atom stereocenters. The summed E-state index contributed by atoms with van der Waals surface area (Å²) in [6, 6.07) is 19.3. The van der Waals surface area contributed by atoms with Gasteiger partial charge < -0.3 is 9.84 Å². The lowest BCUT2D eigenvalue weighted by Crippen LogP contribution is -2.08. The van der Waals surface area contributed by atoms with Crippen LogP contribution in [0.15, 0.2) is 66.7 Å². The van der Waals surface area contributed by atoms with Crippen molar-refractivity contribution in [2.24, 2.45) is 0 Å². The molecule has 9 heteroatoms. The molecule has 0 spiro atoms. The van der Waals surface area contributed by atoms with Gasteiger partial charge in [0.15, 0.2) is 0 Å². The highest BCUT2D eigenvalue weighted by molar-refractivity contribution is 6.31. The normalized spacial score (nSPS) is 9.73. The van der Waals surface area contributed by atoms with Crippen LogP contribution >= 0.6 is 11.6 Å². The molecule has 3 aromatic rings. The number of halogens is 1. The van der Waals surface area contributed by atoms with Crippen LogP contribution in [0.25, 0.3) is 0 Å². The van der Waals surface area contributed by atoms with Crippen LogP contribution < -0.4 is 4.74 Å². The minimum Gasteiger partial charge on any atom is -0.477 e. The van der Waals surface area contributed by atoms with E-state index in [2.05, 4.69) is 6.92 Å². The van der Waals surface area contributed by atoms with E-state index in [1.165, 1.54) is 11.6 Å². The molecule has 0 unspecified atom stereocenters. The first-order valence-corrected chi connectivity index (χ1v) is 10.1. The quantitative estimate of drug-likeness (QED) is 0.214. The number of ether oxygens (including phenoxy) is 1. The first kappa shape index (κ1) is 25.0. The van der Waals surface area contributed by atoms with Gasteiger partial charge in [0.25, 0.3) is 5.69 Å². The lowest BCUT2D eigenvalue weighted by molar-refractivity contribution is -0.385. The zero-order valence-electron chi connectivity index (χ0n) is 17.5. The first-order chi connectivity index (χ1) is 15.7. The fourth-order valence-corrected chi connectivity index (χ4v) is 2.86. The van der Waals surface area contributed by atoms with E-state index in [0.717, 1.165) is 25.0 Å². The number of nitro benzene ring substituents is 1. The molecule has 0 aliphatic carbocycles. The van der Waals surface area contributed by atoms with E-state index in [9.17, 15) is 19.7 Å². The van der Waals surface area contributed by atoms with Crippen molar-refractivity contribution in [3.8, 4) is 11.8 Å². The standard InChI is InChI=1S/C17H15NO2.C7H4ClNO4/c1-2-3-13-6-10-16(11-7-13)20-17(19)15-8-4-14(12-18)5-9-15;8-4-1-2-5(7(10)11)6(3-4)9(12)13/h4-11H,2-3H2,1H3;1-3H,(H,10,11). The molecule has 0 aromatic heterocycles. The summed E-state index contributed by atoms with van der Waals surface area (Å²) in [4.78, 5) is 32.0. The zero-order valence-corrected chi connectivity index (χ0v) is 18.3. The number of carboxylic acids is 1. The molecule has 1 N–H and O–H groups in total. The third-order valence-electron chi connectivity index (χ3n) is 4.31. The maximum Gasteiger partial charge on any atom is 0.343 e. The van der Waals surface area contributed by atoms with E-state index >= 15 is 0 Å². The van der Waals surface area contributed by atoms with Crippen LogP contribution in [0.2, 0.25) is 5.02 Å². The number of nitrogens with zero attached hydrogens (tertiary/aromatic N) is 2. The summed E-state index contributed by atoms with van der Waals surface area (Å²) in [5.74, 6) is -1.24. The van der Waals surface area contributed by atoms with Gasteiger partial charge in [0.1, 0.15) is 11.3 Å². The van der Waals surface area contributed by atoms with Crippen molar-refractivity contribution in [2.45, 2.75) is 19.8 Å². The number of carboxylic acid groups (broad SMARTS) is 1. The summed E-state index contributed by atoms with van der Waals surface area (Å²) in [5, 5.41) is 27.8. The number of carbonyl (C=O) groups is 2. The van der Waals surface area contributed by atoms with Crippen LogP contribution in [-0.4, -0.2) is 22.0 Å². The molecule has 33 heavy (non-hydrogen) atoms. The minimum atomic E-state index is -1.34. The molecule has 0 radical (unpaired) electrons. The number of nitro groups is 1. The predicted octanol–water partition coefficient (Wildman–Crippen LogP) is 5.68. The molecule has 0 heterocycles. The van der Waals surface area contributed by atoms with Gasteiger partial charge >= 0.3 is 11.9 Å². The van der Waals surface area contributed by atoms with Crippen LogP contribution in [0.1, 0.15) is 45.2 Å². The van der Waals surface area contributed by atoms with E-state index in [1.807, 2.05) is 18.2 Å². The number of nitriles is 1. The second kappa shape index (κ2) is 12.0. The molecule has 0 bridgehead atoms. The number of hydrogen-bond acceptors (Lipinski definition) is 6. The van der Waals surface area contributed by atoms with Crippen LogP contribution in [0, 0.1) is 21.4 Å². The van der Waals surface area contributed by atoms with Crippen molar-refractivity contribution in [1.29, 1.82) is 5.26 Å². The number of rotatable bonds is 6. The second-order valence-electron chi connectivity index (χ2n) is 6.70. The molecule has 0 amide bonds. The second-order valence-corrected chi connectivity index (χ2v) is 7.13. The molecule has 0 saturated carbocycles. The highest BCUT2D eigenvalue weighted by Gasteiger charge is 2.19. The smallest absolute Gasteiger partial charge is 0.343 e. The molecule has 8 nitrogen and oxygen atoms in total. The highest BCUT2D eigenvalue weighted by Crippen LogP contribution is 2.22. The maximum atomic E-state index is 11.9. The Morgan fingerprint density at radius 1 is 1.09 bits per heavy atom. The Morgan fingerprint density at radius 3 is 2.24 bits per heavy atom. The molecule has 0 aliphatic heterocycles. The average Bonchev–Trinajstić information content (AvgIpc) is 2.80. The van der Waals surface area contributed by atoms with Crippen molar-refractivity contribution in [3.05, 3.63) is 104 Å². The lowest BCUT2D eigenvalue weighted by atomic mass is 10.1. The van der Waals surface area contributed by atoms with Crippen molar-refractivity contribution in [1.82, 2.24) is 0 Å². The number of aromatic carboxylic acids is 1. The number of hydrogen-bond donors (Lipinski definition) is 1. The Morgan fingerprint density at radius 2 is 1.73 bits per heavy atom. The van der Waals surface area contributed by atoms with E-state index in [0.29, 0.717) is 16.9 Å². The molecule has 0 aliphatic rings. The fourth-order valence-electron chi connectivity index (χ4n) is 2.70. The Hall–Kier alpha value is -4.22. The first-order valence-electron chi connectivity index (χ1n) is 9.73. The molecule has 3 rings (SSSR count). The number of aryl methyl sites for hydroxylation is 1. The number of esters is 1. The largest absolute Gasteiger partial charge is 0.477 e. The van der Waals surface area contributed by atoms with Gasteiger partial charge in [0.05, 0.1) is 22.1 Å². The topological polar surface area (TPSA) is 131 Å². The van der Waals surface area contributed by atoms with Crippen molar-refractivity contribution in [3.63, 3.8) is 0 Å². The van der Waals surface area contributed by atoms with Crippen LogP contribution in [-0.2, 0) is 6.42 Å². The third kappa shape index (κ3) is 7.45. The van der Waals surface area contributed by atoms with Gasteiger partial charge in [-0.3, -0.25) is 10.1 Å². The average molecular weight is 467 g/mol. The minimum absolute atomic E-state index is 0.136.